The van der Waals surface area contributed by atoms with Crippen LogP contribution in [0.3, 0.4) is 0 Å². The zero-order valence-electron chi connectivity index (χ0n) is 17.0. The number of anilines is 3. The van der Waals surface area contributed by atoms with Gasteiger partial charge in [0.1, 0.15) is 6.33 Å². The molecule has 0 atom stereocenters. The number of nitrogens with zero attached hydrogens (tertiary/aromatic N) is 5. The van der Waals surface area contributed by atoms with Gasteiger partial charge in [0.2, 0.25) is 5.95 Å². The summed E-state index contributed by atoms with van der Waals surface area (Å²) in [6, 6.07) is 14.7. The van der Waals surface area contributed by atoms with Crippen molar-refractivity contribution in [1.29, 1.82) is 0 Å². The number of ether oxygens (including phenoxy) is 1. The Labute approximate surface area is 181 Å². The maximum atomic E-state index is 6.27. The molecule has 1 aromatic heterocycles. The molecule has 3 heterocycles. The fourth-order valence-corrected chi connectivity index (χ4v) is 4.22. The molecule has 156 valence electrons. The van der Waals surface area contributed by atoms with E-state index in [0.717, 1.165) is 50.8 Å². The Bertz CT molecular complexity index is 1030. The monoisotopic (exact) mass is 424 g/mol. The van der Waals surface area contributed by atoms with Crippen LogP contribution in [0, 0.1) is 6.92 Å². The average molecular weight is 425 g/mol. The predicted molar refractivity (Wildman–Crippen MR) is 119 cm³/mol. The number of halogens is 1. The minimum Gasteiger partial charge on any atom is -0.378 e. The highest BCUT2D eigenvalue weighted by Gasteiger charge is 2.29. The summed E-state index contributed by atoms with van der Waals surface area (Å²) < 4.78 is 7.02. The van der Waals surface area contributed by atoms with E-state index >= 15 is 0 Å². The first kappa shape index (κ1) is 19.4. The summed E-state index contributed by atoms with van der Waals surface area (Å²) in [6.45, 7) is 8.09. The van der Waals surface area contributed by atoms with Crippen molar-refractivity contribution in [3.8, 4) is 5.69 Å². The van der Waals surface area contributed by atoms with Crippen molar-refractivity contribution < 1.29 is 4.74 Å². The highest BCUT2D eigenvalue weighted by molar-refractivity contribution is 6.32. The average Bonchev–Trinajstić information content (AvgIpc) is 3.15. The standard InChI is InChI=1S/C22H25ClN6O/c1-16-10-17(25-22-24-15-29(26-22)21-5-3-2-4-20(21)23)12-18(11-16)27-6-8-28(9-7-27)19-13-30-14-19/h2-5,10-12,15,19H,6-9,13-14H2,1H3,(H,25,26). The molecule has 3 aromatic rings. The molecule has 0 amide bonds. The normalized spacial score (nSPS) is 17.7. The molecule has 2 aliphatic rings. The molecule has 2 saturated heterocycles. The summed E-state index contributed by atoms with van der Waals surface area (Å²) in [6.07, 6.45) is 1.67. The lowest BCUT2D eigenvalue weighted by Crippen LogP contribution is -2.56. The van der Waals surface area contributed by atoms with Gasteiger partial charge >= 0.3 is 0 Å². The van der Waals surface area contributed by atoms with Crippen LogP contribution in [0.1, 0.15) is 5.56 Å². The van der Waals surface area contributed by atoms with Gasteiger partial charge in [-0.05, 0) is 42.8 Å². The van der Waals surface area contributed by atoms with Gasteiger partial charge in [-0.15, -0.1) is 5.10 Å². The van der Waals surface area contributed by atoms with E-state index in [1.165, 1.54) is 11.3 Å². The molecular weight excluding hydrogens is 400 g/mol. The van der Waals surface area contributed by atoms with E-state index in [9.17, 15) is 0 Å². The lowest BCUT2D eigenvalue weighted by atomic mass is 10.1. The minimum absolute atomic E-state index is 0.543. The molecule has 2 fully saturated rings. The summed E-state index contributed by atoms with van der Waals surface area (Å²) >= 11 is 6.27. The predicted octanol–water partition coefficient (Wildman–Crippen LogP) is 3.49. The number of hydrogen-bond acceptors (Lipinski definition) is 6. The number of rotatable bonds is 5. The number of para-hydroxylation sites is 1. The van der Waals surface area contributed by atoms with Crippen LogP contribution in [0.15, 0.2) is 48.8 Å². The summed E-state index contributed by atoms with van der Waals surface area (Å²) in [5.41, 5.74) is 4.22. The molecule has 30 heavy (non-hydrogen) atoms. The van der Waals surface area contributed by atoms with Gasteiger partial charge in [-0.1, -0.05) is 23.7 Å². The van der Waals surface area contributed by atoms with Crippen LogP contribution in [-0.4, -0.2) is 65.1 Å². The molecule has 0 saturated carbocycles. The van der Waals surface area contributed by atoms with Gasteiger partial charge in [0.15, 0.2) is 0 Å². The maximum Gasteiger partial charge on any atom is 0.246 e. The van der Waals surface area contributed by atoms with Crippen LogP contribution in [0.2, 0.25) is 5.02 Å². The Hall–Kier alpha value is -2.61. The molecule has 0 radical (unpaired) electrons. The molecule has 2 aliphatic heterocycles. The van der Waals surface area contributed by atoms with Crippen LogP contribution in [0.5, 0.6) is 0 Å². The first-order chi connectivity index (χ1) is 14.7. The van der Waals surface area contributed by atoms with Crippen molar-refractivity contribution in [2.45, 2.75) is 13.0 Å². The molecule has 0 aliphatic carbocycles. The zero-order valence-corrected chi connectivity index (χ0v) is 17.7. The Morgan fingerprint density at radius 3 is 2.60 bits per heavy atom. The van der Waals surface area contributed by atoms with Gasteiger partial charge in [-0.2, -0.15) is 4.98 Å². The Morgan fingerprint density at radius 2 is 1.87 bits per heavy atom. The third-order valence-corrected chi connectivity index (χ3v) is 6.05. The van der Waals surface area contributed by atoms with Crippen LogP contribution in [0.4, 0.5) is 17.3 Å². The summed E-state index contributed by atoms with van der Waals surface area (Å²) in [7, 11) is 0. The van der Waals surface area contributed by atoms with Gasteiger partial charge < -0.3 is 15.0 Å². The molecule has 0 spiro atoms. The van der Waals surface area contributed by atoms with Crippen molar-refractivity contribution in [2.75, 3.05) is 49.6 Å². The smallest absolute Gasteiger partial charge is 0.246 e. The van der Waals surface area contributed by atoms with Gasteiger partial charge in [-0.3, -0.25) is 4.90 Å². The molecule has 0 bridgehead atoms. The lowest BCUT2D eigenvalue weighted by molar-refractivity contribution is -0.0660. The first-order valence-electron chi connectivity index (χ1n) is 10.3. The number of hydrogen-bond donors (Lipinski definition) is 1. The Kier molecular flexibility index (Phi) is 5.33. The van der Waals surface area contributed by atoms with Crippen molar-refractivity contribution in [1.82, 2.24) is 19.7 Å². The van der Waals surface area contributed by atoms with E-state index in [0.29, 0.717) is 17.0 Å². The number of aryl methyl sites for hydroxylation is 1. The van der Waals surface area contributed by atoms with E-state index < -0.39 is 0 Å². The van der Waals surface area contributed by atoms with E-state index in [2.05, 4.69) is 50.3 Å². The lowest BCUT2D eigenvalue weighted by Gasteiger charge is -2.43. The quantitative estimate of drug-likeness (QED) is 0.676. The summed E-state index contributed by atoms with van der Waals surface area (Å²) in [4.78, 5) is 9.39. The van der Waals surface area contributed by atoms with Gasteiger partial charge in [0, 0.05) is 37.6 Å². The van der Waals surface area contributed by atoms with Crippen molar-refractivity contribution in [3.05, 3.63) is 59.4 Å². The van der Waals surface area contributed by atoms with E-state index in [4.69, 9.17) is 16.3 Å². The number of nitrogens with one attached hydrogen (secondary N) is 1. The van der Waals surface area contributed by atoms with E-state index in [1.54, 1.807) is 11.0 Å². The SMILES string of the molecule is Cc1cc(Nc2ncn(-c3ccccc3Cl)n2)cc(N2CCN(C3COC3)CC2)c1. The Balaban J connectivity index is 1.29. The van der Waals surface area contributed by atoms with Gasteiger partial charge in [-0.25, -0.2) is 4.68 Å². The van der Waals surface area contributed by atoms with Crippen molar-refractivity contribution >= 4 is 28.9 Å². The second kappa shape index (κ2) is 8.26. The number of benzene rings is 2. The van der Waals surface area contributed by atoms with Crippen molar-refractivity contribution in [3.63, 3.8) is 0 Å². The third-order valence-electron chi connectivity index (χ3n) is 5.73. The third kappa shape index (κ3) is 4.01. The highest BCUT2D eigenvalue weighted by atomic mass is 35.5. The molecule has 2 aromatic carbocycles. The summed E-state index contributed by atoms with van der Waals surface area (Å²) in [5, 5.41) is 8.51. The molecule has 1 N–H and O–H groups in total. The summed E-state index contributed by atoms with van der Waals surface area (Å²) in [5.74, 6) is 0.543. The van der Waals surface area contributed by atoms with Crippen LogP contribution in [-0.2, 0) is 4.74 Å². The van der Waals surface area contributed by atoms with Crippen LogP contribution >= 0.6 is 11.6 Å². The largest absolute Gasteiger partial charge is 0.378 e. The molecular formula is C22H25ClN6O. The molecule has 5 rings (SSSR count). The number of aromatic nitrogens is 3. The second-order valence-electron chi connectivity index (χ2n) is 7.86. The Morgan fingerprint density at radius 1 is 1.07 bits per heavy atom. The van der Waals surface area contributed by atoms with Gasteiger partial charge in [0.05, 0.1) is 30.0 Å². The zero-order chi connectivity index (χ0) is 20.5. The second-order valence-corrected chi connectivity index (χ2v) is 8.27. The fraction of sp³-hybridized carbons (Fsp3) is 0.364. The van der Waals surface area contributed by atoms with Gasteiger partial charge in [0.25, 0.3) is 0 Å². The van der Waals surface area contributed by atoms with E-state index in [-0.39, 0.29) is 0 Å². The first-order valence-corrected chi connectivity index (χ1v) is 10.7. The number of piperazine rings is 1. The molecule has 8 heteroatoms. The minimum atomic E-state index is 0.543. The molecule has 7 nitrogen and oxygen atoms in total. The van der Waals surface area contributed by atoms with E-state index in [1.807, 2.05) is 24.3 Å². The fourth-order valence-electron chi connectivity index (χ4n) is 4.00. The van der Waals surface area contributed by atoms with Crippen LogP contribution < -0.4 is 10.2 Å². The molecule has 0 unspecified atom stereocenters. The topological polar surface area (TPSA) is 58.5 Å². The van der Waals surface area contributed by atoms with Crippen LogP contribution in [0.25, 0.3) is 5.69 Å². The maximum absolute atomic E-state index is 6.27. The van der Waals surface area contributed by atoms with Crippen molar-refractivity contribution in [2.24, 2.45) is 0 Å². The highest BCUT2D eigenvalue weighted by Crippen LogP contribution is 2.26.